The van der Waals surface area contributed by atoms with Crippen molar-refractivity contribution in [1.82, 2.24) is 10.2 Å². The van der Waals surface area contributed by atoms with Crippen LogP contribution in [0.5, 0.6) is 0 Å². The van der Waals surface area contributed by atoms with Crippen LogP contribution in [-0.2, 0) is 0 Å². The quantitative estimate of drug-likeness (QED) is 0.773. The Morgan fingerprint density at radius 3 is 2.29 bits per heavy atom. The van der Waals surface area contributed by atoms with Crippen LogP contribution in [0, 0.1) is 0 Å². The van der Waals surface area contributed by atoms with Crippen molar-refractivity contribution in [2.24, 2.45) is 0 Å². The van der Waals surface area contributed by atoms with Gasteiger partial charge in [-0.15, -0.1) is 0 Å². The van der Waals surface area contributed by atoms with Crippen molar-refractivity contribution in [2.45, 2.75) is 39.7 Å². The number of rotatable bonds is 8. The summed E-state index contributed by atoms with van der Waals surface area (Å²) in [5.41, 5.74) is 0.503. The van der Waals surface area contributed by atoms with Gasteiger partial charge in [-0.1, -0.05) is 37.0 Å². The third-order valence-electron chi connectivity index (χ3n) is 3.51. The zero-order valence-corrected chi connectivity index (χ0v) is 14.5. The van der Waals surface area contributed by atoms with Crippen LogP contribution in [0.2, 0.25) is 10.0 Å². The first-order chi connectivity index (χ1) is 9.96. The van der Waals surface area contributed by atoms with Crippen LogP contribution in [0.25, 0.3) is 0 Å². The van der Waals surface area contributed by atoms with Crippen molar-refractivity contribution in [3.8, 4) is 0 Å². The van der Waals surface area contributed by atoms with E-state index in [0.29, 0.717) is 15.6 Å². The zero-order valence-electron chi connectivity index (χ0n) is 13.0. The van der Waals surface area contributed by atoms with Crippen LogP contribution in [0.1, 0.15) is 44.0 Å². The Bertz CT molecular complexity index is 441. The normalized spacial score (nSPS) is 12.5. The number of halogens is 2. The first-order valence-electron chi connectivity index (χ1n) is 7.45. The lowest BCUT2D eigenvalue weighted by Gasteiger charge is -2.19. The Hall–Kier alpha value is -0.770. The molecule has 0 fully saturated rings. The zero-order chi connectivity index (χ0) is 15.8. The van der Waals surface area contributed by atoms with Crippen molar-refractivity contribution < 1.29 is 4.79 Å². The Morgan fingerprint density at radius 1 is 1.19 bits per heavy atom. The summed E-state index contributed by atoms with van der Waals surface area (Å²) in [6, 6.07) is 5.01. The lowest BCUT2D eigenvalue weighted by Crippen LogP contribution is -2.33. The van der Waals surface area contributed by atoms with Gasteiger partial charge in [-0.2, -0.15) is 0 Å². The molecule has 0 saturated carbocycles. The molecule has 0 aliphatic carbocycles. The van der Waals surface area contributed by atoms with Gasteiger partial charge in [0, 0.05) is 21.7 Å². The van der Waals surface area contributed by atoms with Crippen molar-refractivity contribution in [3.63, 3.8) is 0 Å². The Morgan fingerprint density at radius 2 is 1.76 bits per heavy atom. The van der Waals surface area contributed by atoms with Crippen LogP contribution in [0.4, 0.5) is 0 Å². The number of carbonyl (C=O) groups excluding carboxylic acids is 1. The van der Waals surface area contributed by atoms with Gasteiger partial charge in [-0.25, -0.2) is 0 Å². The van der Waals surface area contributed by atoms with E-state index in [2.05, 4.69) is 24.1 Å². The summed E-state index contributed by atoms with van der Waals surface area (Å²) in [5.74, 6) is -0.130. The van der Waals surface area contributed by atoms with E-state index in [1.54, 1.807) is 18.2 Å². The summed E-state index contributed by atoms with van der Waals surface area (Å²) in [5, 5.41) is 3.93. The number of benzene rings is 1. The van der Waals surface area contributed by atoms with Gasteiger partial charge in [-0.3, -0.25) is 4.79 Å². The molecule has 0 unspecified atom stereocenters. The molecule has 0 saturated heterocycles. The summed E-state index contributed by atoms with van der Waals surface area (Å²) in [7, 11) is 0. The number of hydrogen-bond donors (Lipinski definition) is 1. The maximum atomic E-state index is 12.1. The third-order valence-corrected chi connectivity index (χ3v) is 3.94. The second kappa shape index (κ2) is 9.29. The van der Waals surface area contributed by atoms with Gasteiger partial charge < -0.3 is 10.2 Å². The maximum absolute atomic E-state index is 12.1. The lowest BCUT2D eigenvalue weighted by molar-refractivity contribution is 0.0937. The molecule has 1 aromatic rings. The lowest BCUT2D eigenvalue weighted by atomic mass is 10.1. The highest BCUT2D eigenvalue weighted by Crippen LogP contribution is 2.19. The van der Waals surface area contributed by atoms with Crippen molar-refractivity contribution >= 4 is 29.1 Å². The van der Waals surface area contributed by atoms with E-state index >= 15 is 0 Å². The standard InChI is InChI=1S/C16H24Cl2N2O/c1-4-20(5-2)8-6-7-12(3)19-16(21)13-9-14(17)11-15(18)10-13/h9-12H,4-8H2,1-3H3,(H,19,21)/t12-/m1/s1. The van der Waals surface area contributed by atoms with Gasteiger partial charge in [0.1, 0.15) is 0 Å². The van der Waals surface area contributed by atoms with Crippen molar-refractivity contribution in [3.05, 3.63) is 33.8 Å². The fraction of sp³-hybridized carbons (Fsp3) is 0.562. The summed E-state index contributed by atoms with van der Waals surface area (Å²) in [4.78, 5) is 14.5. The minimum atomic E-state index is -0.130. The van der Waals surface area contributed by atoms with E-state index < -0.39 is 0 Å². The first-order valence-corrected chi connectivity index (χ1v) is 8.21. The van der Waals surface area contributed by atoms with Crippen LogP contribution < -0.4 is 5.32 Å². The molecule has 1 N–H and O–H groups in total. The maximum Gasteiger partial charge on any atom is 0.251 e. The minimum Gasteiger partial charge on any atom is -0.350 e. The van der Waals surface area contributed by atoms with Crippen LogP contribution >= 0.6 is 23.2 Å². The average Bonchev–Trinajstić information content (AvgIpc) is 2.42. The highest BCUT2D eigenvalue weighted by Gasteiger charge is 2.11. The number of amides is 1. The molecule has 118 valence electrons. The van der Waals surface area contributed by atoms with Crippen LogP contribution in [0.15, 0.2) is 18.2 Å². The molecule has 1 rings (SSSR count). The molecule has 0 aliphatic rings. The third kappa shape index (κ3) is 6.68. The molecule has 0 bridgehead atoms. The topological polar surface area (TPSA) is 32.3 Å². The number of hydrogen-bond acceptors (Lipinski definition) is 2. The van der Waals surface area contributed by atoms with Crippen LogP contribution in [0.3, 0.4) is 0 Å². The molecule has 0 spiro atoms. The van der Waals surface area contributed by atoms with E-state index in [9.17, 15) is 4.79 Å². The summed E-state index contributed by atoms with van der Waals surface area (Å²) >= 11 is 11.8. The van der Waals surface area contributed by atoms with Gasteiger partial charge in [0.05, 0.1) is 0 Å². The van der Waals surface area contributed by atoms with Gasteiger partial charge in [0.2, 0.25) is 0 Å². The SMILES string of the molecule is CCN(CC)CCC[C@@H](C)NC(=O)c1cc(Cl)cc(Cl)c1. The predicted octanol–water partition coefficient (Wildman–Crippen LogP) is 4.23. The molecular formula is C16H24Cl2N2O. The molecular weight excluding hydrogens is 307 g/mol. The molecule has 0 heterocycles. The van der Waals surface area contributed by atoms with E-state index in [4.69, 9.17) is 23.2 Å². The summed E-state index contributed by atoms with van der Waals surface area (Å²) in [6.07, 6.45) is 2.02. The molecule has 0 aliphatic heterocycles. The van der Waals surface area contributed by atoms with E-state index in [0.717, 1.165) is 32.5 Å². The van der Waals surface area contributed by atoms with Gasteiger partial charge in [0.15, 0.2) is 0 Å². The van der Waals surface area contributed by atoms with Crippen molar-refractivity contribution in [2.75, 3.05) is 19.6 Å². The monoisotopic (exact) mass is 330 g/mol. The average molecular weight is 331 g/mol. The highest BCUT2D eigenvalue weighted by atomic mass is 35.5. The Kier molecular flexibility index (Phi) is 8.09. The molecule has 0 aromatic heterocycles. The Balaban J connectivity index is 2.43. The van der Waals surface area contributed by atoms with Crippen LogP contribution in [-0.4, -0.2) is 36.5 Å². The second-order valence-corrected chi connectivity index (χ2v) is 6.07. The molecule has 21 heavy (non-hydrogen) atoms. The first kappa shape index (κ1) is 18.3. The van der Waals surface area contributed by atoms with E-state index in [1.807, 2.05) is 6.92 Å². The van der Waals surface area contributed by atoms with E-state index in [-0.39, 0.29) is 11.9 Å². The smallest absolute Gasteiger partial charge is 0.251 e. The molecule has 5 heteroatoms. The molecule has 1 aromatic carbocycles. The fourth-order valence-electron chi connectivity index (χ4n) is 2.23. The fourth-order valence-corrected chi connectivity index (χ4v) is 2.75. The second-order valence-electron chi connectivity index (χ2n) is 5.20. The number of nitrogens with one attached hydrogen (secondary N) is 1. The number of carbonyl (C=O) groups is 1. The number of nitrogens with zero attached hydrogens (tertiary/aromatic N) is 1. The van der Waals surface area contributed by atoms with Gasteiger partial charge in [-0.05, 0) is 57.6 Å². The largest absolute Gasteiger partial charge is 0.350 e. The molecule has 3 nitrogen and oxygen atoms in total. The van der Waals surface area contributed by atoms with E-state index in [1.165, 1.54) is 0 Å². The summed E-state index contributed by atoms with van der Waals surface area (Å²) in [6.45, 7) is 9.55. The van der Waals surface area contributed by atoms with Gasteiger partial charge >= 0.3 is 0 Å². The Labute approximate surface area is 137 Å². The highest BCUT2D eigenvalue weighted by molar-refractivity contribution is 6.35. The van der Waals surface area contributed by atoms with Gasteiger partial charge in [0.25, 0.3) is 5.91 Å². The summed E-state index contributed by atoms with van der Waals surface area (Å²) < 4.78 is 0. The molecule has 1 atom stereocenters. The predicted molar refractivity (Wildman–Crippen MR) is 90.4 cm³/mol. The minimum absolute atomic E-state index is 0.130. The molecule has 0 radical (unpaired) electrons. The van der Waals surface area contributed by atoms with Crippen molar-refractivity contribution in [1.29, 1.82) is 0 Å². The molecule has 1 amide bonds.